The quantitative estimate of drug-likeness (QED) is 0.748. The van der Waals surface area contributed by atoms with Crippen LogP contribution >= 0.6 is 0 Å². The van der Waals surface area contributed by atoms with E-state index in [9.17, 15) is 4.79 Å². The number of ether oxygens (including phenoxy) is 1. The van der Waals surface area contributed by atoms with E-state index >= 15 is 0 Å². The summed E-state index contributed by atoms with van der Waals surface area (Å²) in [7, 11) is 0. The Labute approximate surface area is 95.5 Å². The molecule has 0 aliphatic rings. The van der Waals surface area contributed by atoms with Gasteiger partial charge >= 0.3 is 0 Å². The summed E-state index contributed by atoms with van der Waals surface area (Å²) in [5, 5.41) is 0. The normalized spacial score (nSPS) is 10.2. The van der Waals surface area contributed by atoms with Gasteiger partial charge in [0.2, 0.25) is 0 Å². The molecule has 16 heavy (non-hydrogen) atoms. The first-order valence-corrected chi connectivity index (χ1v) is 5.27. The van der Waals surface area contributed by atoms with E-state index in [-0.39, 0.29) is 12.5 Å². The van der Waals surface area contributed by atoms with Gasteiger partial charge in [0.25, 0.3) is 5.91 Å². The molecule has 88 valence electrons. The molecule has 1 N–H and O–H groups in total. The van der Waals surface area contributed by atoms with Crippen molar-refractivity contribution in [3.8, 4) is 5.75 Å². The minimum absolute atomic E-state index is 0.0396. The van der Waals surface area contributed by atoms with Crippen LogP contribution in [0.1, 0.15) is 13.8 Å². The molecule has 0 unspecified atom stereocenters. The Kier molecular flexibility index (Phi) is 5.36. The highest BCUT2D eigenvalue weighted by molar-refractivity contribution is 5.76. The molecule has 0 aliphatic heterocycles. The van der Waals surface area contributed by atoms with Gasteiger partial charge in [-0.1, -0.05) is 32.0 Å². The van der Waals surface area contributed by atoms with Crippen molar-refractivity contribution in [3.63, 3.8) is 0 Å². The summed E-state index contributed by atoms with van der Waals surface area (Å²) in [6.07, 6.45) is 0. The molecule has 1 aromatic carbocycles. The Morgan fingerprint density at radius 2 is 2.00 bits per heavy atom. The first-order valence-electron chi connectivity index (χ1n) is 5.27. The molecule has 0 saturated heterocycles. The predicted octanol–water partition coefficient (Wildman–Crippen LogP) is 1.77. The maximum Gasteiger partial charge on any atom is 0.281 e. The van der Waals surface area contributed by atoms with Crippen molar-refractivity contribution >= 4 is 5.91 Å². The van der Waals surface area contributed by atoms with Gasteiger partial charge in [-0.15, -0.1) is 0 Å². The number of hydroxylamine groups is 1. The first-order chi connectivity index (χ1) is 7.68. The van der Waals surface area contributed by atoms with Crippen molar-refractivity contribution < 1.29 is 14.4 Å². The average Bonchev–Trinajstić information content (AvgIpc) is 2.27. The highest BCUT2D eigenvalue weighted by atomic mass is 16.7. The fraction of sp³-hybridized carbons (Fsp3) is 0.417. The molecule has 4 nitrogen and oxygen atoms in total. The third kappa shape index (κ3) is 5.36. The summed E-state index contributed by atoms with van der Waals surface area (Å²) >= 11 is 0. The van der Waals surface area contributed by atoms with Gasteiger partial charge in [0.1, 0.15) is 5.75 Å². The summed E-state index contributed by atoms with van der Waals surface area (Å²) in [6.45, 7) is 4.47. The molecule has 0 bridgehead atoms. The number of amides is 1. The zero-order valence-electron chi connectivity index (χ0n) is 9.60. The lowest BCUT2D eigenvalue weighted by Gasteiger charge is -2.08. The zero-order chi connectivity index (χ0) is 11.8. The molecule has 0 atom stereocenters. The number of rotatable bonds is 6. The summed E-state index contributed by atoms with van der Waals surface area (Å²) in [5.41, 5.74) is 2.32. The molecular formula is C12H17NO3. The van der Waals surface area contributed by atoms with Crippen LogP contribution in [0.5, 0.6) is 5.75 Å². The van der Waals surface area contributed by atoms with E-state index in [2.05, 4.69) is 5.48 Å². The van der Waals surface area contributed by atoms with Crippen LogP contribution in [-0.2, 0) is 9.63 Å². The van der Waals surface area contributed by atoms with Gasteiger partial charge in [0.15, 0.2) is 6.61 Å². The SMILES string of the molecule is CC(C)CONC(=O)COc1ccccc1. The van der Waals surface area contributed by atoms with E-state index in [1.807, 2.05) is 32.0 Å². The minimum Gasteiger partial charge on any atom is -0.484 e. The molecule has 0 aliphatic carbocycles. The molecule has 0 spiro atoms. The molecule has 0 fully saturated rings. The fourth-order valence-corrected chi connectivity index (χ4v) is 0.984. The number of nitrogens with one attached hydrogen (secondary N) is 1. The van der Waals surface area contributed by atoms with Crippen molar-refractivity contribution in [1.29, 1.82) is 0 Å². The van der Waals surface area contributed by atoms with Crippen LogP contribution in [-0.4, -0.2) is 19.1 Å². The van der Waals surface area contributed by atoms with E-state index in [4.69, 9.17) is 9.57 Å². The molecule has 1 amide bonds. The molecule has 1 aromatic rings. The second-order valence-electron chi connectivity index (χ2n) is 3.83. The van der Waals surface area contributed by atoms with Gasteiger partial charge in [-0.2, -0.15) is 0 Å². The third-order valence-electron chi connectivity index (χ3n) is 1.72. The molecule has 0 radical (unpaired) electrons. The Balaban J connectivity index is 2.16. The van der Waals surface area contributed by atoms with Crippen molar-refractivity contribution in [2.24, 2.45) is 5.92 Å². The van der Waals surface area contributed by atoms with Crippen molar-refractivity contribution in [3.05, 3.63) is 30.3 Å². The molecular weight excluding hydrogens is 206 g/mol. The second-order valence-corrected chi connectivity index (χ2v) is 3.83. The third-order valence-corrected chi connectivity index (χ3v) is 1.72. The molecule has 0 saturated carbocycles. The first kappa shape index (κ1) is 12.5. The molecule has 0 heterocycles. The van der Waals surface area contributed by atoms with E-state index in [1.165, 1.54) is 0 Å². The summed E-state index contributed by atoms with van der Waals surface area (Å²) < 4.78 is 5.23. The molecule has 1 rings (SSSR count). The van der Waals surface area contributed by atoms with Crippen LogP contribution < -0.4 is 10.2 Å². The highest BCUT2D eigenvalue weighted by Gasteiger charge is 2.02. The van der Waals surface area contributed by atoms with Crippen LogP contribution in [0.3, 0.4) is 0 Å². The van der Waals surface area contributed by atoms with E-state index in [1.54, 1.807) is 12.1 Å². The lowest BCUT2D eigenvalue weighted by molar-refractivity contribution is -0.136. The van der Waals surface area contributed by atoms with Gasteiger partial charge < -0.3 is 4.74 Å². The Hall–Kier alpha value is -1.55. The molecule has 4 heteroatoms. The van der Waals surface area contributed by atoms with E-state index in [0.29, 0.717) is 18.3 Å². The minimum atomic E-state index is -0.287. The van der Waals surface area contributed by atoms with E-state index < -0.39 is 0 Å². The van der Waals surface area contributed by atoms with Gasteiger partial charge in [-0.3, -0.25) is 9.63 Å². The smallest absolute Gasteiger partial charge is 0.281 e. The van der Waals surface area contributed by atoms with Crippen molar-refractivity contribution in [2.45, 2.75) is 13.8 Å². The number of carbonyl (C=O) groups excluding carboxylic acids is 1. The van der Waals surface area contributed by atoms with Crippen molar-refractivity contribution in [1.82, 2.24) is 5.48 Å². The monoisotopic (exact) mass is 223 g/mol. The van der Waals surface area contributed by atoms with E-state index in [0.717, 1.165) is 0 Å². The summed E-state index contributed by atoms with van der Waals surface area (Å²) in [4.78, 5) is 16.2. The Morgan fingerprint density at radius 3 is 2.62 bits per heavy atom. The second kappa shape index (κ2) is 6.85. The fourth-order valence-electron chi connectivity index (χ4n) is 0.984. The van der Waals surface area contributed by atoms with Crippen LogP contribution in [0.2, 0.25) is 0 Å². The maximum atomic E-state index is 11.2. The topological polar surface area (TPSA) is 47.6 Å². The number of para-hydroxylation sites is 1. The van der Waals surface area contributed by atoms with Crippen LogP contribution in [0.25, 0.3) is 0 Å². The predicted molar refractivity (Wildman–Crippen MR) is 60.9 cm³/mol. The van der Waals surface area contributed by atoms with Gasteiger partial charge in [-0.25, -0.2) is 5.48 Å². The van der Waals surface area contributed by atoms with Crippen LogP contribution in [0, 0.1) is 5.92 Å². The lowest BCUT2D eigenvalue weighted by Crippen LogP contribution is -2.30. The zero-order valence-corrected chi connectivity index (χ0v) is 9.60. The van der Waals surface area contributed by atoms with Crippen LogP contribution in [0.4, 0.5) is 0 Å². The van der Waals surface area contributed by atoms with Gasteiger partial charge in [0, 0.05) is 0 Å². The summed E-state index contributed by atoms with van der Waals surface area (Å²) in [5.74, 6) is 0.765. The van der Waals surface area contributed by atoms with Gasteiger partial charge in [0.05, 0.1) is 6.61 Å². The lowest BCUT2D eigenvalue weighted by atomic mass is 10.2. The Bertz CT molecular complexity index is 311. The largest absolute Gasteiger partial charge is 0.484 e. The van der Waals surface area contributed by atoms with Crippen molar-refractivity contribution in [2.75, 3.05) is 13.2 Å². The molecule has 0 aromatic heterocycles. The number of carbonyl (C=O) groups is 1. The summed E-state index contributed by atoms with van der Waals surface area (Å²) in [6, 6.07) is 9.17. The highest BCUT2D eigenvalue weighted by Crippen LogP contribution is 2.07. The standard InChI is InChI=1S/C12H17NO3/c1-10(2)8-16-13-12(14)9-15-11-6-4-3-5-7-11/h3-7,10H,8-9H2,1-2H3,(H,13,14). The van der Waals surface area contributed by atoms with Crippen LogP contribution in [0.15, 0.2) is 30.3 Å². The van der Waals surface area contributed by atoms with Gasteiger partial charge in [-0.05, 0) is 18.1 Å². The number of hydrogen-bond acceptors (Lipinski definition) is 3. The number of benzene rings is 1. The number of hydrogen-bond donors (Lipinski definition) is 1. The average molecular weight is 223 g/mol. The maximum absolute atomic E-state index is 11.2. The Morgan fingerprint density at radius 1 is 1.31 bits per heavy atom.